The van der Waals surface area contributed by atoms with E-state index in [1.807, 2.05) is 6.92 Å². The second-order valence-electron chi connectivity index (χ2n) is 2.55. The lowest BCUT2D eigenvalue weighted by Crippen LogP contribution is -2.34. The maximum Gasteiger partial charge on any atom is 0.476 e. The highest BCUT2D eigenvalue weighted by molar-refractivity contribution is 7.80. The fourth-order valence-corrected chi connectivity index (χ4v) is 1.11. The van der Waals surface area contributed by atoms with Gasteiger partial charge in [-0.15, -0.1) is 0 Å². The molecule has 2 atom stereocenters. The van der Waals surface area contributed by atoms with E-state index in [-0.39, 0.29) is 0 Å². The van der Waals surface area contributed by atoms with Crippen LogP contribution in [-0.2, 0) is 18.7 Å². The van der Waals surface area contributed by atoms with Crippen LogP contribution in [-0.4, -0.2) is 23.5 Å². The van der Waals surface area contributed by atoms with Gasteiger partial charge in [0.05, 0.1) is 6.61 Å². The SMILES string of the molecule is CCCON[C@@H](C)C(=O)OP(=O)(O)Cl. The fourth-order valence-electron chi connectivity index (χ4n) is 0.524. The molecule has 0 aromatic rings. The van der Waals surface area contributed by atoms with Crippen LogP contribution in [0.15, 0.2) is 0 Å². The highest BCUT2D eigenvalue weighted by Gasteiger charge is 2.24. The number of hydrogen-bond acceptors (Lipinski definition) is 5. The number of carbonyl (C=O) groups excluding carboxylic acids is 1. The first-order valence-corrected chi connectivity index (χ1v) is 6.48. The summed E-state index contributed by atoms with van der Waals surface area (Å²) in [6.07, 6.45) is 0.781. The molecule has 2 N–H and O–H groups in total. The Morgan fingerprint density at radius 1 is 1.71 bits per heavy atom. The molecule has 14 heavy (non-hydrogen) atoms. The second kappa shape index (κ2) is 6.37. The van der Waals surface area contributed by atoms with Crippen LogP contribution in [0.2, 0.25) is 0 Å². The molecule has 0 radical (unpaired) electrons. The molecule has 0 saturated heterocycles. The summed E-state index contributed by atoms with van der Waals surface area (Å²) in [6, 6.07) is -0.847. The summed E-state index contributed by atoms with van der Waals surface area (Å²) >= 11 is 4.83. The quantitative estimate of drug-likeness (QED) is 0.415. The summed E-state index contributed by atoms with van der Waals surface area (Å²) in [6.45, 7) is -0.546. The van der Waals surface area contributed by atoms with Gasteiger partial charge in [-0.25, -0.2) is 9.36 Å². The molecule has 0 fully saturated rings. The van der Waals surface area contributed by atoms with Gasteiger partial charge in [0.2, 0.25) is 0 Å². The Morgan fingerprint density at radius 2 is 2.29 bits per heavy atom. The molecule has 0 aromatic heterocycles. The summed E-state index contributed by atoms with van der Waals surface area (Å²) in [4.78, 5) is 24.3. The number of nitrogens with one attached hydrogen (secondary N) is 1. The number of rotatable bonds is 6. The smallest absolute Gasteiger partial charge is 0.379 e. The van der Waals surface area contributed by atoms with Crippen molar-refractivity contribution >= 4 is 24.2 Å². The monoisotopic (exact) mass is 245 g/mol. The zero-order chi connectivity index (χ0) is 11.2. The lowest BCUT2D eigenvalue weighted by Gasteiger charge is -2.12. The minimum atomic E-state index is -4.29. The summed E-state index contributed by atoms with van der Waals surface area (Å²) in [5.74, 6) is -0.943. The minimum Gasteiger partial charge on any atom is -0.379 e. The molecule has 0 aliphatic carbocycles. The molecule has 0 aliphatic rings. The van der Waals surface area contributed by atoms with Gasteiger partial charge in [0.25, 0.3) is 0 Å². The van der Waals surface area contributed by atoms with E-state index in [0.29, 0.717) is 6.61 Å². The van der Waals surface area contributed by atoms with Crippen molar-refractivity contribution in [2.75, 3.05) is 6.61 Å². The predicted molar refractivity (Wildman–Crippen MR) is 50.6 cm³/mol. The van der Waals surface area contributed by atoms with Gasteiger partial charge in [0.15, 0.2) is 0 Å². The fraction of sp³-hybridized carbons (Fsp3) is 0.833. The number of carbonyl (C=O) groups is 1. The zero-order valence-electron chi connectivity index (χ0n) is 7.90. The third kappa shape index (κ3) is 7.29. The van der Waals surface area contributed by atoms with Gasteiger partial charge in [-0.3, -0.25) is 0 Å². The van der Waals surface area contributed by atoms with Gasteiger partial charge in [0, 0.05) is 11.2 Å². The topological polar surface area (TPSA) is 84.9 Å². The van der Waals surface area contributed by atoms with Crippen molar-refractivity contribution in [1.82, 2.24) is 5.48 Å². The third-order valence-corrected chi connectivity index (χ3v) is 1.73. The van der Waals surface area contributed by atoms with Gasteiger partial charge < -0.3 is 14.3 Å². The Labute approximate surface area is 86.8 Å². The van der Waals surface area contributed by atoms with E-state index in [4.69, 9.17) is 21.0 Å². The second-order valence-corrected chi connectivity index (χ2v) is 4.92. The molecule has 0 aromatic carbocycles. The maximum absolute atomic E-state index is 11.0. The zero-order valence-corrected chi connectivity index (χ0v) is 9.55. The van der Waals surface area contributed by atoms with E-state index < -0.39 is 19.0 Å². The first kappa shape index (κ1) is 13.9. The van der Waals surface area contributed by atoms with Gasteiger partial charge in [-0.2, -0.15) is 5.48 Å². The van der Waals surface area contributed by atoms with E-state index in [0.717, 1.165) is 6.42 Å². The van der Waals surface area contributed by atoms with Crippen LogP contribution in [0, 0.1) is 0 Å². The van der Waals surface area contributed by atoms with Gasteiger partial charge >= 0.3 is 12.9 Å². The van der Waals surface area contributed by atoms with Crippen molar-refractivity contribution in [3.63, 3.8) is 0 Å². The maximum atomic E-state index is 11.0. The Hall–Kier alpha value is -0.130. The first-order chi connectivity index (χ1) is 6.37. The summed E-state index contributed by atoms with van der Waals surface area (Å²) in [5, 5.41) is 0. The van der Waals surface area contributed by atoms with Crippen molar-refractivity contribution in [3.05, 3.63) is 0 Å². The molecule has 0 heterocycles. The summed E-state index contributed by atoms with van der Waals surface area (Å²) in [5.41, 5.74) is 2.34. The van der Waals surface area contributed by atoms with Crippen molar-refractivity contribution in [1.29, 1.82) is 0 Å². The normalized spacial score (nSPS) is 17.1. The molecule has 0 aliphatic heterocycles. The molecule has 0 bridgehead atoms. The Bertz CT molecular complexity index is 230. The van der Waals surface area contributed by atoms with Crippen molar-refractivity contribution in [2.24, 2.45) is 0 Å². The summed E-state index contributed by atoms with van der Waals surface area (Å²) < 4.78 is 14.5. The summed E-state index contributed by atoms with van der Waals surface area (Å²) in [7, 11) is 0. The van der Waals surface area contributed by atoms with Crippen LogP contribution in [0.1, 0.15) is 20.3 Å². The molecule has 0 amide bonds. The number of hydroxylamine groups is 1. The molecule has 6 nitrogen and oxygen atoms in total. The van der Waals surface area contributed by atoms with Crippen molar-refractivity contribution < 1.29 is 23.6 Å². The highest BCUT2D eigenvalue weighted by Crippen LogP contribution is 2.47. The van der Waals surface area contributed by atoms with Crippen LogP contribution >= 0.6 is 18.2 Å². The van der Waals surface area contributed by atoms with Crippen molar-refractivity contribution in [2.45, 2.75) is 26.3 Å². The molecule has 1 unspecified atom stereocenters. The first-order valence-electron chi connectivity index (χ1n) is 4.00. The Morgan fingerprint density at radius 3 is 2.71 bits per heavy atom. The van der Waals surface area contributed by atoms with E-state index in [1.165, 1.54) is 6.92 Å². The third-order valence-electron chi connectivity index (χ3n) is 1.12. The average Bonchev–Trinajstić information content (AvgIpc) is 2.01. The van der Waals surface area contributed by atoms with Crippen LogP contribution in [0.4, 0.5) is 0 Å². The lowest BCUT2D eigenvalue weighted by atomic mass is 10.4. The molecular formula is C6H13ClNO5P. The van der Waals surface area contributed by atoms with E-state index in [1.54, 1.807) is 0 Å². The van der Waals surface area contributed by atoms with Crippen LogP contribution in [0.5, 0.6) is 0 Å². The Kier molecular flexibility index (Phi) is 6.31. The van der Waals surface area contributed by atoms with Gasteiger partial charge in [0.1, 0.15) is 6.04 Å². The van der Waals surface area contributed by atoms with E-state index in [9.17, 15) is 9.36 Å². The van der Waals surface area contributed by atoms with Gasteiger partial charge in [-0.05, 0) is 13.3 Å². The highest BCUT2D eigenvalue weighted by atomic mass is 35.7. The minimum absolute atomic E-state index is 0.426. The largest absolute Gasteiger partial charge is 0.476 e. The molecule has 0 rings (SSSR count). The predicted octanol–water partition coefficient (Wildman–Crippen LogP) is 1.19. The molecular weight excluding hydrogens is 232 g/mol. The average molecular weight is 246 g/mol. The van der Waals surface area contributed by atoms with E-state index in [2.05, 4.69) is 10.0 Å². The molecule has 84 valence electrons. The van der Waals surface area contributed by atoms with Gasteiger partial charge in [-0.1, -0.05) is 6.92 Å². The van der Waals surface area contributed by atoms with Crippen LogP contribution in [0.3, 0.4) is 0 Å². The van der Waals surface area contributed by atoms with Crippen LogP contribution in [0.25, 0.3) is 0 Å². The number of hydrogen-bond donors (Lipinski definition) is 2. The molecule has 0 spiro atoms. The molecule has 0 saturated carbocycles. The Balaban J connectivity index is 3.82. The lowest BCUT2D eigenvalue weighted by molar-refractivity contribution is -0.140. The van der Waals surface area contributed by atoms with Crippen LogP contribution < -0.4 is 5.48 Å². The van der Waals surface area contributed by atoms with Crippen molar-refractivity contribution in [3.8, 4) is 0 Å². The standard InChI is InChI=1S/C6H13ClNO5P/c1-3-4-12-8-5(2)6(9)13-14(7,10)11/h5,8H,3-4H2,1-2H3,(H,10,11)/t5-/m0/s1. The van der Waals surface area contributed by atoms with E-state index >= 15 is 0 Å². The molecule has 8 heteroatoms. The number of halogens is 1.